The van der Waals surface area contributed by atoms with Gasteiger partial charge in [-0.2, -0.15) is 0 Å². The second-order valence-electron chi connectivity index (χ2n) is 3.94. The first-order chi connectivity index (χ1) is 7.70. The molecule has 2 aromatic rings. The highest BCUT2D eigenvalue weighted by Crippen LogP contribution is 2.27. The van der Waals surface area contributed by atoms with E-state index in [1.165, 1.54) is 4.88 Å². The van der Waals surface area contributed by atoms with Gasteiger partial charge in [-0.3, -0.25) is 0 Å². The molecule has 0 aliphatic heterocycles. The number of nitrogens with zero attached hydrogens (tertiary/aromatic N) is 2. The van der Waals surface area contributed by atoms with Gasteiger partial charge in [0, 0.05) is 17.3 Å². The van der Waals surface area contributed by atoms with Gasteiger partial charge in [0.15, 0.2) is 0 Å². The molecule has 0 amide bonds. The molecule has 0 aliphatic carbocycles. The topological polar surface area (TPSA) is 37.8 Å². The average Bonchev–Trinajstić information content (AvgIpc) is 2.66. The Kier molecular flexibility index (Phi) is 3.61. The molecule has 0 bridgehead atoms. The van der Waals surface area contributed by atoms with Crippen LogP contribution in [0, 0.1) is 12.8 Å². The Balaban J connectivity index is 2.23. The van der Waals surface area contributed by atoms with Gasteiger partial charge in [0.2, 0.25) is 0 Å². The van der Waals surface area contributed by atoms with Gasteiger partial charge in [0.25, 0.3) is 0 Å². The summed E-state index contributed by atoms with van der Waals surface area (Å²) in [6.45, 7) is 5.03. The first-order valence-electron chi connectivity index (χ1n) is 5.21. The van der Waals surface area contributed by atoms with E-state index in [0.29, 0.717) is 11.8 Å². The van der Waals surface area contributed by atoms with Crippen molar-refractivity contribution in [3.05, 3.63) is 17.3 Å². The molecule has 86 valence electrons. The molecule has 3 nitrogen and oxygen atoms in total. The van der Waals surface area contributed by atoms with Crippen molar-refractivity contribution in [3.8, 4) is 0 Å². The molecule has 16 heavy (non-hydrogen) atoms. The van der Waals surface area contributed by atoms with E-state index >= 15 is 0 Å². The van der Waals surface area contributed by atoms with Gasteiger partial charge in [-0.1, -0.05) is 6.92 Å². The van der Waals surface area contributed by atoms with Crippen molar-refractivity contribution in [1.82, 2.24) is 9.97 Å². The third kappa shape index (κ3) is 2.44. The quantitative estimate of drug-likeness (QED) is 0.852. The second-order valence-corrected chi connectivity index (χ2v) is 5.48. The Morgan fingerprint density at radius 1 is 1.50 bits per heavy atom. The normalized spacial score (nSPS) is 12.9. The van der Waals surface area contributed by atoms with Crippen LogP contribution in [0.15, 0.2) is 12.4 Å². The molecule has 1 N–H and O–H groups in total. The molecule has 0 aliphatic rings. The van der Waals surface area contributed by atoms with Gasteiger partial charge in [-0.25, -0.2) is 9.97 Å². The van der Waals surface area contributed by atoms with Gasteiger partial charge < -0.3 is 5.32 Å². The summed E-state index contributed by atoms with van der Waals surface area (Å²) in [5.41, 5.74) is 0. The van der Waals surface area contributed by atoms with Crippen LogP contribution in [0.2, 0.25) is 0 Å². The summed E-state index contributed by atoms with van der Waals surface area (Å²) in [7, 11) is 0. The van der Waals surface area contributed by atoms with Crippen LogP contribution < -0.4 is 5.32 Å². The van der Waals surface area contributed by atoms with E-state index in [0.717, 1.165) is 22.6 Å². The average molecular weight is 256 g/mol. The number of rotatable bonds is 4. The van der Waals surface area contributed by atoms with Crippen molar-refractivity contribution in [2.24, 2.45) is 5.92 Å². The Morgan fingerprint density at radius 2 is 2.31 bits per heavy atom. The maximum Gasteiger partial charge on any atom is 0.138 e. The standard InChI is InChI=1S/C11H14ClN3S/c1-7(4-12)5-13-10-9-3-8(2)16-11(9)15-6-14-10/h3,6-7H,4-5H2,1-2H3,(H,13,14,15). The minimum Gasteiger partial charge on any atom is -0.369 e. The SMILES string of the molecule is Cc1cc2c(NCC(C)CCl)ncnc2s1. The predicted octanol–water partition coefficient (Wildman–Crippen LogP) is 3.29. The molecule has 0 spiro atoms. The monoisotopic (exact) mass is 255 g/mol. The number of hydrogen-bond donors (Lipinski definition) is 1. The van der Waals surface area contributed by atoms with E-state index < -0.39 is 0 Å². The fraction of sp³-hybridized carbons (Fsp3) is 0.455. The lowest BCUT2D eigenvalue weighted by Gasteiger charge is -2.09. The lowest BCUT2D eigenvalue weighted by molar-refractivity contribution is 0.695. The number of fused-ring (bicyclic) bond motifs is 1. The molecule has 0 fully saturated rings. The zero-order chi connectivity index (χ0) is 11.5. The smallest absolute Gasteiger partial charge is 0.138 e. The lowest BCUT2D eigenvalue weighted by atomic mass is 10.2. The minimum absolute atomic E-state index is 0.436. The highest BCUT2D eigenvalue weighted by Gasteiger charge is 2.07. The Bertz CT molecular complexity index is 483. The summed E-state index contributed by atoms with van der Waals surface area (Å²) >= 11 is 7.46. The van der Waals surface area contributed by atoms with E-state index in [4.69, 9.17) is 11.6 Å². The second kappa shape index (κ2) is 4.97. The number of nitrogens with one attached hydrogen (secondary N) is 1. The largest absolute Gasteiger partial charge is 0.369 e. The van der Waals surface area contributed by atoms with Crippen LogP contribution in [0.25, 0.3) is 10.2 Å². The van der Waals surface area contributed by atoms with E-state index in [2.05, 4.69) is 35.2 Å². The summed E-state index contributed by atoms with van der Waals surface area (Å²) in [6.07, 6.45) is 1.60. The molecule has 0 saturated heterocycles. The van der Waals surface area contributed by atoms with E-state index in [9.17, 15) is 0 Å². The number of aryl methyl sites for hydroxylation is 1. The van der Waals surface area contributed by atoms with E-state index in [-0.39, 0.29) is 0 Å². The van der Waals surface area contributed by atoms with E-state index in [1.54, 1.807) is 17.7 Å². The van der Waals surface area contributed by atoms with Crippen molar-refractivity contribution in [3.63, 3.8) is 0 Å². The molecule has 1 atom stereocenters. The molecule has 0 saturated carbocycles. The summed E-state index contributed by atoms with van der Waals surface area (Å²) in [4.78, 5) is 10.8. The third-order valence-electron chi connectivity index (χ3n) is 2.33. The van der Waals surface area contributed by atoms with Crippen molar-refractivity contribution in [1.29, 1.82) is 0 Å². The van der Waals surface area contributed by atoms with Crippen LogP contribution in [-0.2, 0) is 0 Å². The third-order valence-corrected chi connectivity index (χ3v) is 3.82. The minimum atomic E-state index is 0.436. The fourth-order valence-electron chi connectivity index (χ4n) is 1.44. The number of alkyl halides is 1. The molecule has 5 heteroatoms. The van der Waals surface area contributed by atoms with Crippen LogP contribution in [-0.4, -0.2) is 22.4 Å². The van der Waals surface area contributed by atoms with E-state index in [1.807, 2.05) is 0 Å². The molecule has 2 aromatic heterocycles. The molecular formula is C11H14ClN3S. The summed E-state index contributed by atoms with van der Waals surface area (Å²) in [6, 6.07) is 2.12. The number of halogens is 1. The number of anilines is 1. The first kappa shape index (κ1) is 11.6. The molecule has 0 radical (unpaired) electrons. The van der Waals surface area contributed by atoms with Crippen LogP contribution in [0.5, 0.6) is 0 Å². The Labute approximate surface area is 104 Å². The van der Waals surface area contributed by atoms with Crippen molar-refractivity contribution < 1.29 is 0 Å². The number of aromatic nitrogens is 2. The van der Waals surface area contributed by atoms with Gasteiger partial charge in [0.05, 0.1) is 5.39 Å². The molecular weight excluding hydrogens is 242 g/mol. The highest BCUT2D eigenvalue weighted by atomic mass is 35.5. The summed E-state index contributed by atoms with van der Waals surface area (Å²) in [5.74, 6) is 2.00. The molecule has 2 rings (SSSR count). The van der Waals surface area contributed by atoms with Crippen LogP contribution in [0.3, 0.4) is 0 Å². The summed E-state index contributed by atoms with van der Waals surface area (Å²) < 4.78 is 0. The fourth-order valence-corrected chi connectivity index (χ4v) is 2.40. The van der Waals surface area contributed by atoms with Gasteiger partial charge in [-0.05, 0) is 18.9 Å². The maximum absolute atomic E-state index is 5.77. The van der Waals surface area contributed by atoms with Gasteiger partial charge in [0.1, 0.15) is 17.0 Å². The Morgan fingerprint density at radius 3 is 3.06 bits per heavy atom. The van der Waals surface area contributed by atoms with Crippen LogP contribution in [0.4, 0.5) is 5.82 Å². The lowest BCUT2D eigenvalue weighted by Crippen LogP contribution is -2.13. The first-order valence-corrected chi connectivity index (χ1v) is 6.56. The van der Waals surface area contributed by atoms with Gasteiger partial charge >= 0.3 is 0 Å². The molecule has 2 heterocycles. The summed E-state index contributed by atoms with van der Waals surface area (Å²) in [5, 5.41) is 4.43. The maximum atomic E-state index is 5.77. The zero-order valence-corrected chi connectivity index (χ0v) is 10.9. The molecule has 1 unspecified atom stereocenters. The predicted molar refractivity (Wildman–Crippen MR) is 70.5 cm³/mol. The highest BCUT2D eigenvalue weighted by molar-refractivity contribution is 7.18. The number of thiophene rings is 1. The van der Waals surface area contributed by atoms with Crippen LogP contribution >= 0.6 is 22.9 Å². The van der Waals surface area contributed by atoms with Crippen molar-refractivity contribution >= 4 is 39.0 Å². The Hall–Kier alpha value is -0.870. The van der Waals surface area contributed by atoms with Crippen molar-refractivity contribution in [2.75, 3.05) is 17.7 Å². The van der Waals surface area contributed by atoms with Crippen LogP contribution in [0.1, 0.15) is 11.8 Å². The van der Waals surface area contributed by atoms with Gasteiger partial charge in [-0.15, -0.1) is 22.9 Å². The molecule has 0 aromatic carbocycles. The van der Waals surface area contributed by atoms with Crippen molar-refractivity contribution in [2.45, 2.75) is 13.8 Å². The zero-order valence-electron chi connectivity index (χ0n) is 9.33. The number of hydrogen-bond acceptors (Lipinski definition) is 4.